The Morgan fingerprint density at radius 1 is 1.10 bits per heavy atom. The van der Waals surface area contributed by atoms with Crippen LogP contribution < -0.4 is 5.73 Å². The molecule has 13 heteroatoms. The number of nitrogens with zero attached hydrogens (tertiary/aromatic N) is 2. The number of carbonyl (C=O) groups excluding carboxylic acids is 7. The second kappa shape index (κ2) is 9.84. The van der Waals surface area contributed by atoms with Crippen molar-refractivity contribution < 1.29 is 48.5 Å². The first-order valence-electron chi connectivity index (χ1n) is 13.3. The standard InChI is InChI=1S/C28H31N3O10/c1-30(2)21-15-9-11-8-14-13(17(33)10-31(12-4-5-12)27(39)41-3)6-7-16(32)19(14)22(34)18(11)24(36)28(15,40)25(37)20(23(21)35)26(29)38/h6-7,11-12,15,18,20-21,32,40H,4-5,8-10H2,1-3H3,(H2,29,38)/t11-,15-,18?,20?,21-,28-/m0/s1. The summed E-state index contributed by atoms with van der Waals surface area (Å²) in [4.78, 5) is 94.7. The monoisotopic (exact) mass is 569 g/mol. The van der Waals surface area contributed by atoms with Crippen LogP contribution in [0.15, 0.2) is 12.1 Å². The van der Waals surface area contributed by atoms with Crippen LogP contribution in [0.1, 0.15) is 45.5 Å². The molecule has 41 heavy (non-hydrogen) atoms. The molecule has 0 aliphatic heterocycles. The van der Waals surface area contributed by atoms with Gasteiger partial charge in [-0.05, 0) is 63.4 Å². The lowest BCUT2D eigenvalue weighted by atomic mass is 9.52. The molecule has 2 amide bonds. The van der Waals surface area contributed by atoms with Crippen molar-refractivity contribution in [1.82, 2.24) is 9.80 Å². The van der Waals surface area contributed by atoms with E-state index >= 15 is 0 Å². The fraction of sp³-hybridized carbons (Fsp3) is 0.536. The van der Waals surface area contributed by atoms with Crippen LogP contribution in [0.2, 0.25) is 0 Å². The van der Waals surface area contributed by atoms with Crippen molar-refractivity contribution in [3.63, 3.8) is 0 Å². The number of hydrogen-bond acceptors (Lipinski definition) is 11. The highest BCUT2D eigenvalue weighted by atomic mass is 16.5. The van der Waals surface area contributed by atoms with Crippen LogP contribution in [0.25, 0.3) is 0 Å². The quantitative estimate of drug-likeness (QED) is 0.288. The van der Waals surface area contributed by atoms with E-state index in [1.807, 2.05) is 0 Å². The highest BCUT2D eigenvalue weighted by Gasteiger charge is 2.69. The van der Waals surface area contributed by atoms with Crippen molar-refractivity contribution in [2.75, 3.05) is 27.7 Å². The molecule has 1 aromatic carbocycles. The van der Waals surface area contributed by atoms with Crippen molar-refractivity contribution >= 4 is 40.9 Å². The zero-order chi connectivity index (χ0) is 30.1. The van der Waals surface area contributed by atoms with E-state index in [4.69, 9.17) is 10.5 Å². The molecule has 4 N–H and O–H groups in total. The van der Waals surface area contributed by atoms with Gasteiger partial charge in [0.25, 0.3) is 0 Å². The average Bonchev–Trinajstić information content (AvgIpc) is 3.74. The number of rotatable bonds is 6. The van der Waals surface area contributed by atoms with Gasteiger partial charge in [-0.1, -0.05) is 0 Å². The Hall–Kier alpha value is -3.97. The summed E-state index contributed by atoms with van der Waals surface area (Å²) in [6.07, 6.45) is 0.571. The predicted octanol–water partition coefficient (Wildman–Crippen LogP) is -0.719. The number of nitrogens with two attached hydrogens (primary N) is 1. The summed E-state index contributed by atoms with van der Waals surface area (Å²) in [6.45, 7) is -0.321. The number of hydrogen-bond donors (Lipinski definition) is 3. The molecular formula is C28H31N3O10. The SMILES string of the molecule is COC(=O)N(CC(=O)c1ccc(O)c2c1C[C@H]1C[C@H]3[C@H](N(C)C)C(=O)C(C(N)=O)C(=O)[C@@]3(O)C(=O)C1C2=O)C1CC1. The number of ether oxygens (including phenoxy) is 1. The first-order chi connectivity index (χ1) is 19.2. The van der Waals surface area contributed by atoms with Crippen LogP contribution in [-0.4, -0.2) is 106 Å². The van der Waals surface area contributed by atoms with E-state index in [0.29, 0.717) is 12.8 Å². The third-order valence-electron chi connectivity index (χ3n) is 8.96. The number of fused-ring (bicyclic) bond motifs is 3. The summed E-state index contributed by atoms with van der Waals surface area (Å²) in [6, 6.07) is 1.12. The van der Waals surface area contributed by atoms with Crippen LogP contribution in [0, 0.1) is 23.7 Å². The summed E-state index contributed by atoms with van der Waals surface area (Å²) in [7, 11) is 4.20. The Balaban J connectivity index is 1.56. The first kappa shape index (κ1) is 28.6. The summed E-state index contributed by atoms with van der Waals surface area (Å²) in [5.41, 5.74) is 2.48. The fourth-order valence-corrected chi connectivity index (χ4v) is 6.95. The van der Waals surface area contributed by atoms with Gasteiger partial charge in [0, 0.05) is 17.5 Å². The van der Waals surface area contributed by atoms with Crippen molar-refractivity contribution in [2.24, 2.45) is 29.4 Å². The lowest BCUT2D eigenvalue weighted by molar-refractivity contribution is -0.181. The van der Waals surface area contributed by atoms with Gasteiger partial charge < -0.3 is 20.7 Å². The number of aromatic hydroxyl groups is 1. The van der Waals surface area contributed by atoms with E-state index in [1.165, 1.54) is 37.1 Å². The zero-order valence-electron chi connectivity index (χ0n) is 22.8. The van der Waals surface area contributed by atoms with Gasteiger partial charge in [-0.15, -0.1) is 0 Å². The molecule has 2 unspecified atom stereocenters. The second-order valence-electron chi connectivity index (χ2n) is 11.5. The van der Waals surface area contributed by atoms with E-state index in [0.717, 1.165) is 6.07 Å². The molecule has 13 nitrogen and oxygen atoms in total. The molecular weight excluding hydrogens is 538 g/mol. The number of primary amides is 1. The molecule has 5 rings (SSSR count). The maximum atomic E-state index is 13.9. The summed E-state index contributed by atoms with van der Waals surface area (Å²) in [5, 5.41) is 22.3. The third kappa shape index (κ3) is 4.17. The first-order valence-corrected chi connectivity index (χ1v) is 13.3. The molecule has 3 saturated carbocycles. The molecule has 218 valence electrons. The number of benzene rings is 1. The summed E-state index contributed by atoms with van der Waals surface area (Å²) < 4.78 is 4.80. The molecule has 4 aliphatic carbocycles. The minimum Gasteiger partial charge on any atom is -0.507 e. The third-order valence-corrected chi connectivity index (χ3v) is 8.96. The zero-order valence-corrected chi connectivity index (χ0v) is 22.8. The number of carbonyl (C=O) groups is 7. The Bertz CT molecular complexity index is 1420. The van der Waals surface area contributed by atoms with Crippen LogP contribution in [0.5, 0.6) is 5.75 Å². The van der Waals surface area contributed by atoms with Gasteiger partial charge in [0.1, 0.15) is 5.75 Å². The van der Waals surface area contributed by atoms with Crippen LogP contribution in [0.4, 0.5) is 4.79 Å². The predicted molar refractivity (Wildman–Crippen MR) is 138 cm³/mol. The molecule has 6 atom stereocenters. The van der Waals surface area contributed by atoms with Crippen molar-refractivity contribution in [3.05, 3.63) is 28.8 Å². The van der Waals surface area contributed by atoms with Gasteiger partial charge in [0.2, 0.25) is 5.91 Å². The topological polar surface area (TPSA) is 202 Å². The molecule has 0 heterocycles. The smallest absolute Gasteiger partial charge is 0.410 e. The highest BCUT2D eigenvalue weighted by Crippen LogP contribution is 2.51. The van der Waals surface area contributed by atoms with Gasteiger partial charge in [0.15, 0.2) is 40.4 Å². The second-order valence-corrected chi connectivity index (χ2v) is 11.5. The molecule has 0 spiro atoms. The average molecular weight is 570 g/mol. The van der Waals surface area contributed by atoms with Crippen molar-refractivity contribution in [3.8, 4) is 5.75 Å². The van der Waals surface area contributed by atoms with E-state index < -0.39 is 82.0 Å². The Morgan fingerprint density at radius 3 is 2.32 bits per heavy atom. The number of aliphatic hydroxyl groups is 1. The van der Waals surface area contributed by atoms with Crippen LogP contribution >= 0.6 is 0 Å². The lowest BCUT2D eigenvalue weighted by Gasteiger charge is -2.52. The van der Waals surface area contributed by atoms with Gasteiger partial charge in [-0.3, -0.25) is 38.6 Å². The number of amides is 2. The summed E-state index contributed by atoms with van der Waals surface area (Å²) in [5.74, 6) is -12.2. The number of ketones is 5. The molecule has 3 fully saturated rings. The molecule has 4 aliphatic rings. The molecule has 0 radical (unpaired) electrons. The summed E-state index contributed by atoms with van der Waals surface area (Å²) >= 11 is 0. The van der Waals surface area contributed by atoms with Crippen molar-refractivity contribution in [2.45, 2.75) is 43.4 Å². The normalized spacial score (nSPS) is 30.8. The van der Waals surface area contributed by atoms with E-state index in [1.54, 1.807) is 0 Å². The van der Waals surface area contributed by atoms with E-state index in [9.17, 15) is 43.8 Å². The lowest BCUT2D eigenvalue weighted by Crippen LogP contribution is -2.74. The maximum absolute atomic E-state index is 13.9. The van der Waals surface area contributed by atoms with Crippen LogP contribution in [-0.2, 0) is 30.3 Å². The largest absolute Gasteiger partial charge is 0.507 e. The maximum Gasteiger partial charge on any atom is 0.410 e. The Morgan fingerprint density at radius 2 is 1.76 bits per heavy atom. The number of methoxy groups -OCH3 is 1. The van der Waals surface area contributed by atoms with Crippen molar-refractivity contribution in [1.29, 1.82) is 0 Å². The number of phenolic OH excluding ortho intramolecular Hbond substituents is 1. The van der Waals surface area contributed by atoms with Gasteiger partial charge in [0.05, 0.1) is 31.2 Å². The molecule has 0 saturated heterocycles. The molecule has 0 aromatic heterocycles. The van der Waals surface area contributed by atoms with Gasteiger partial charge >= 0.3 is 6.09 Å². The highest BCUT2D eigenvalue weighted by molar-refractivity contribution is 6.32. The number of phenols is 1. The molecule has 0 bridgehead atoms. The Kier molecular flexibility index (Phi) is 6.85. The van der Waals surface area contributed by atoms with Crippen LogP contribution in [0.3, 0.4) is 0 Å². The van der Waals surface area contributed by atoms with E-state index in [-0.39, 0.29) is 42.1 Å². The fourth-order valence-electron chi connectivity index (χ4n) is 6.95. The van der Waals surface area contributed by atoms with Gasteiger partial charge in [-0.25, -0.2) is 4.79 Å². The number of likely N-dealkylation sites (N-methyl/N-ethyl adjacent to an activating group) is 1. The Labute approximate surface area is 234 Å². The van der Waals surface area contributed by atoms with Gasteiger partial charge in [-0.2, -0.15) is 0 Å². The number of Topliss-reactive ketones (excluding diaryl/α,β-unsaturated/α-hetero) is 5. The minimum atomic E-state index is -2.83. The van der Waals surface area contributed by atoms with E-state index in [2.05, 4.69) is 0 Å². The molecule has 1 aromatic rings. The minimum absolute atomic E-state index is 0.0526.